The molecule has 110 valence electrons. The van der Waals surface area contributed by atoms with Crippen LogP contribution >= 0.6 is 0 Å². The number of rotatable bonds is 2. The molecule has 2 rings (SSSR count). The third-order valence-corrected chi connectivity index (χ3v) is 2.92. The van der Waals surface area contributed by atoms with Gasteiger partial charge in [0.05, 0.1) is 0 Å². The minimum Gasteiger partial charge on any atom is -0.288 e. The monoisotopic (exact) mass is 300 g/mol. The zero-order valence-electron chi connectivity index (χ0n) is 11.0. The summed E-state index contributed by atoms with van der Waals surface area (Å²) in [5.74, 6) is -12.1. The molecule has 2 aromatic carbocycles. The van der Waals surface area contributed by atoms with Crippen molar-refractivity contribution in [3.63, 3.8) is 0 Å². The Kier molecular flexibility index (Phi) is 3.80. The van der Waals surface area contributed by atoms with Crippen molar-refractivity contribution in [1.29, 1.82) is 0 Å². The van der Waals surface area contributed by atoms with E-state index in [9.17, 15) is 26.7 Å². The van der Waals surface area contributed by atoms with Crippen LogP contribution in [0.5, 0.6) is 0 Å². The molecule has 1 nitrogen and oxygen atoms in total. The van der Waals surface area contributed by atoms with Crippen LogP contribution in [0, 0.1) is 42.9 Å². The quantitative estimate of drug-likeness (QED) is 0.351. The fourth-order valence-electron chi connectivity index (χ4n) is 2.05. The molecule has 0 heterocycles. The summed E-state index contributed by atoms with van der Waals surface area (Å²) in [4.78, 5) is 12.1. The maximum absolute atomic E-state index is 13.6. The topological polar surface area (TPSA) is 17.1 Å². The number of carbonyl (C=O) groups is 1. The second kappa shape index (κ2) is 5.27. The largest absolute Gasteiger partial charge is 0.288 e. The molecule has 0 unspecified atom stereocenters. The van der Waals surface area contributed by atoms with Crippen molar-refractivity contribution in [2.24, 2.45) is 0 Å². The van der Waals surface area contributed by atoms with Crippen LogP contribution in [-0.2, 0) is 0 Å². The highest BCUT2D eigenvalue weighted by atomic mass is 19.2. The zero-order chi connectivity index (χ0) is 15.9. The van der Waals surface area contributed by atoms with Crippen LogP contribution in [0.15, 0.2) is 18.2 Å². The van der Waals surface area contributed by atoms with E-state index in [1.165, 1.54) is 12.1 Å². The second-order valence-electron chi connectivity index (χ2n) is 4.65. The summed E-state index contributed by atoms with van der Waals surface area (Å²) in [6, 6.07) is 4.33. The number of hydrogen-bond acceptors (Lipinski definition) is 1. The lowest BCUT2D eigenvalue weighted by Gasteiger charge is -2.08. The van der Waals surface area contributed by atoms with Crippen LogP contribution in [-0.4, -0.2) is 5.78 Å². The number of hydrogen-bond donors (Lipinski definition) is 0. The SMILES string of the molecule is Cc1cc(C)cc(C(=O)c2c(F)c(F)c(F)c(F)c2F)c1. The maximum atomic E-state index is 13.6. The first-order chi connectivity index (χ1) is 9.73. The third-order valence-electron chi connectivity index (χ3n) is 2.92. The highest BCUT2D eigenvalue weighted by Crippen LogP contribution is 2.25. The third kappa shape index (κ3) is 2.53. The Balaban J connectivity index is 2.69. The Bertz CT molecular complexity index is 703. The minimum atomic E-state index is -2.29. The predicted octanol–water partition coefficient (Wildman–Crippen LogP) is 4.23. The van der Waals surface area contributed by atoms with Gasteiger partial charge in [-0.1, -0.05) is 17.2 Å². The molecule has 21 heavy (non-hydrogen) atoms. The number of aryl methyl sites for hydroxylation is 2. The van der Waals surface area contributed by atoms with E-state index in [2.05, 4.69) is 0 Å². The minimum absolute atomic E-state index is 0.143. The molecular formula is C15H9F5O. The van der Waals surface area contributed by atoms with Gasteiger partial charge in [-0.3, -0.25) is 4.79 Å². The van der Waals surface area contributed by atoms with Crippen molar-refractivity contribution in [2.45, 2.75) is 13.8 Å². The second-order valence-corrected chi connectivity index (χ2v) is 4.65. The zero-order valence-corrected chi connectivity index (χ0v) is 11.0. The van der Waals surface area contributed by atoms with Gasteiger partial charge >= 0.3 is 0 Å². The molecule has 0 bridgehead atoms. The lowest BCUT2D eigenvalue weighted by molar-refractivity contribution is 0.102. The van der Waals surface area contributed by atoms with Gasteiger partial charge in [0.1, 0.15) is 5.56 Å². The van der Waals surface area contributed by atoms with Crippen molar-refractivity contribution in [1.82, 2.24) is 0 Å². The maximum Gasteiger partial charge on any atom is 0.200 e. The molecule has 0 aliphatic carbocycles. The van der Waals surface area contributed by atoms with Crippen molar-refractivity contribution in [2.75, 3.05) is 0 Å². The van der Waals surface area contributed by atoms with Crippen molar-refractivity contribution < 1.29 is 26.7 Å². The Morgan fingerprint density at radius 1 is 0.714 bits per heavy atom. The van der Waals surface area contributed by atoms with Gasteiger partial charge in [0.15, 0.2) is 29.1 Å². The molecule has 0 aromatic heterocycles. The lowest BCUT2D eigenvalue weighted by Crippen LogP contribution is -2.14. The molecule has 0 aliphatic rings. The predicted molar refractivity (Wildman–Crippen MR) is 65.6 cm³/mol. The first-order valence-electron chi connectivity index (χ1n) is 5.88. The van der Waals surface area contributed by atoms with E-state index in [0.717, 1.165) is 0 Å². The van der Waals surface area contributed by atoms with E-state index in [-0.39, 0.29) is 5.56 Å². The Labute approximate surface area is 117 Å². The molecule has 0 N–H and O–H groups in total. The number of halogens is 5. The molecule has 0 amide bonds. The van der Waals surface area contributed by atoms with Crippen LogP contribution in [0.2, 0.25) is 0 Å². The lowest BCUT2D eigenvalue weighted by atomic mass is 9.98. The van der Waals surface area contributed by atoms with Gasteiger partial charge in [-0.2, -0.15) is 0 Å². The molecule has 0 fully saturated rings. The van der Waals surface area contributed by atoms with Crippen molar-refractivity contribution >= 4 is 5.78 Å². The van der Waals surface area contributed by atoms with Gasteiger partial charge in [0.2, 0.25) is 5.82 Å². The van der Waals surface area contributed by atoms with Gasteiger partial charge in [0.25, 0.3) is 0 Å². The standard InChI is InChI=1S/C15H9F5O/c1-6-3-7(2)5-8(4-6)15(21)9-10(16)12(18)14(20)13(19)11(9)17/h3-5H,1-2H3. The summed E-state index contributed by atoms with van der Waals surface area (Å²) >= 11 is 0. The van der Waals surface area contributed by atoms with E-state index < -0.39 is 40.4 Å². The molecular weight excluding hydrogens is 291 g/mol. The van der Waals surface area contributed by atoms with Crippen LogP contribution in [0.3, 0.4) is 0 Å². The smallest absolute Gasteiger partial charge is 0.200 e. The van der Waals surface area contributed by atoms with E-state index in [4.69, 9.17) is 0 Å². The first kappa shape index (κ1) is 15.2. The molecule has 2 aromatic rings. The summed E-state index contributed by atoms with van der Waals surface area (Å²) in [6.45, 7) is 3.28. The van der Waals surface area contributed by atoms with Gasteiger partial charge in [0, 0.05) is 5.56 Å². The Hall–Kier alpha value is -2.24. The molecule has 0 saturated heterocycles. The summed E-state index contributed by atoms with van der Waals surface area (Å²) in [5, 5.41) is 0. The Morgan fingerprint density at radius 3 is 1.52 bits per heavy atom. The molecule has 0 atom stereocenters. The van der Waals surface area contributed by atoms with Gasteiger partial charge < -0.3 is 0 Å². The molecule has 0 aliphatic heterocycles. The molecule has 0 saturated carbocycles. The van der Waals surface area contributed by atoms with Crippen molar-refractivity contribution in [3.8, 4) is 0 Å². The number of carbonyl (C=O) groups excluding carboxylic acids is 1. The average Bonchev–Trinajstić information content (AvgIpc) is 2.42. The summed E-state index contributed by atoms with van der Waals surface area (Å²) in [5.41, 5.74) is -0.337. The number of ketones is 1. The van der Waals surface area contributed by atoms with Gasteiger partial charge in [-0.05, 0) is 26.0 Å². The highest BCUT2D eigenvalue weighted by Gasteiger charge is 2.30. The van der Waals surface area contributed by atoms with Gasteiger partial charge in [-0.25, -0.2) is 22.0 Å². The summed E-state index contributed by atoms with van der Waals surface area (Å²) < 4.78 is 66.4. The van der Waals surface area contributed by atoms with Crippen molar-refractivity contribution in [3.05, 3.63) is 69.5 Å². The molecule has 6 heteroatoms. The summed E-state index contributed by atoms with van der Waals surface area (Å²) in [6.07, 6.45) is 0. The fourth-order valence-corrected chi connectivity index (χ4v) is 2.05. The van der Waals surface area contributed by atoms with Crippen LogP contribution in [0.25, 0.3) is 0 Å². The fraction of sp³-hybridized carbons (Fsp3) is 0.133. The van der Waals surface area contributed by atoms with Crippen LogP contribution in [0.1, 0.15) is 27.0 Å². The van der Waals surface area contributed by atoms with Crippen LogP contribution in [0.4, 0.5) is 22.0 Å². The number of benzene rings is 2. The van der Waals surface area contributed by atoms with Gasteiger partial charge in [-0.15, -0.1) is 0 Å². The average molecular weight is 300 g/mol. The van der Waals surface area contributed by atoms with Crippen LogP contribution < -0.4 is 0 Å². The molecule has 0 spiro atoms. The highest BCUT2D eigenvalue weighted by molar-refractivity contribution is 6.09. The summed E-state index contributed by atoms with van der Waals surface area (Å²) in [7, 11) is 0. The normalized spacial score (nSPS) is 10.8. The first-order valence-corrected chi connectivity index (χ1v) is 5.88. The Morgan fingerprint density at radius 2 is 1.10 bits per heavy atom. The van der Waals surface area contributed by atoms with E-state index in [0.29, 0.717) is 11.1 Å². The molecule has 0 radical (unpaired) electrons. The van der Waals surface area contributed by atoms with E-state index >= 15 is 0 Å². The van der Waals surface area contributed by atoms with E-state index in [1.807, 2.05) is 0 Å². The van der Waals surface area contributed by atoms with E-state index in [1.54, 1.807) is 19.9 Å².